The number of carbonyl (C=O) groups excluding carboxylic acids is 2. The second-order valence-electron chi connectivity index (χ2n) is 9.13. The Labute approximate surface area is 206 Å². The summed E-state index contributed by atoms with van der Waals surface area (Å²) in [7, 11) is 0. The number of nitrogens with two attached hydrogens (primary N) is 1. The molecule has 35 heavy (non-hydrogen) atoms. The Bertz CT molecular complexity index is 1110. The van der Waals surface area contributed by atoms with Gasteiger partial charge in [0.05, 0.1) is 0 Å². The van der Waals surface area contributed by atoms with Gasteiger partial charge in [0.2, 0.25) is 5.91 Å². The molecular weight excluding hydrogens is 444 g/mol. The average molecular weight is 477 g/mol. The molecule has 1 atom stereocenters. The molecule has 184 valence electrons. The SMILES string of the molecule is CC(C)(C)OC(=O)NC(Cc1ccc(OCc2ccccc2)c(OCc2ccccc2)c1)C(N)=O. The van der Waals surface area contributed by atoms with Gasteiger partial charge in [0.25, 0.3) is 0 Å². The normalized spacial score (nSPS) is 11.9. The molecule has 0 spiro atoms. The van der Waals surface area contributed by atoms with Gasteiger partial charge in [0.15, 0.2) is 11.5 Å². The minimum absolute atomic E-state index is 0.176. The monoisotopic (exact) mass is 476 g/mol. The number of nitrogens with one attached hydrogen (secondary N) is 1. The third-order valence-corrected chi connectivity index (χ3v) is 4.96. The highest BCUT2D eigenvalue weighted by molar-refractivity contribution is 5.84. The van der Waals surface area contributed by atoms with E-state index in [1.165, 1.54) is 0 Å². The molecule has 0 aliphatic carbocycles. The molecule has 3 rings (SSSR count). The summed E-state index contributed by atoms with van der Waals surface area (Å²) in [6.07, 6.45) is -0.528. The van der Waals surface area contributed by atoms with Crippen molar-refractivity contribution in [1.29, 1.82) is 0 Å². The fourth-order valence-corrected chi connectivity index (χ4v) is 3.29. The van der Waals surface area contributed by atoms with Crippen molar-refractivity contribution >= 4 is 12.0 Å². The lowest BCUT2D eigenvalue weighted by atomic mass is 10.0. The highest BCUT2D eigenvalue weighted by atomic mass is 16.6. The van der Waals surface area contributed by atoms with Gasteiger partial charge in [-0.3, -0.25) is 4.79 Å². The van der Waals surface area contributed by atoms with Crippen molar-refractivity contribution in [2.75, 3.05) is 0 Å². The number of carbonyl (C=O) groups is 2. The number of primary amides is 1. The third kappa shape index (κ3) is 8.70. The van der Waals surface area contributed by atoms with Gasteiger partial charge in [-0.05, 0) is 49.6 Å². The lowest BCUT2D eigenvalue weighted by Crippen LogP contribution is -2.47. The number of hydrogen-bond donors (Lipinski definition) is 2. The molecule has 0 heterocycles. The van der Waals surface area contributed by atoms with Crippen LogP contribution in [0.25, 0.3) is 0 Å². The minimum Gasteiger partial charge on any atom is -0.485 e. The Morgan fingerprint density at radius 1 is 0.800 bits per heavy atom. The van der Waals surface area contributed by atoms with Gasteiger partial charge in [-0.1, -0.05) is 66.7 Å². The minimum atomic E-state index is -0.942. The zero-order chi connectivity index (χ0) is 25.3. The second kappa shape index (κ2) is 11.9. The van der Waals surface area contributed by atoms with Crippen molar-refractivity contribution < 1.29 is 23.8 Å². The molecule has 7 heteroatoms. The lowest BCUT2D eigenvalue weighted by Gasteiger charge is -2.22. The van der Waals surface area contributed by atoms with Gasteiger partial charge in [-0.15, -0.1) is 0 Å². The number of alkyl carbamates (subject to hydrolysis) is 1. The molecule has 0 radical (unpaired) electrons. The first-order valence-electron chi connectivity index (χ1n) is 11.4. The van der Waals surface area contributed by atoms with Crippen LogP contribution >= 0.6 is 0 Å². The summed E-state index contributed by atoms with van der Waals surface area (Å²) in [5.74, 6) is 0.444. The van der Waals surface area contributed by atoms with E-state index in [0.717, 1.165) is 16.7 Å². The lowest BCUT2D eigenvalue weighted by molar-refractivity contribution is -0.120. The topological polar surface area (TPSA) is 99.9 Å². The van der Waals surface area contributed by atoms with Crippen LogP contribution < -0.4 is 20.5 Å². The van der Waals surface area contributed by atoms with E-state index < -0.39 is 23.6 Å². The van der Waals surface area contributed by atoms with Gasteiger partial charge < -0.3 is 25.3 Å². The number of amides is 2. The van der Waals surface area contributed by atoms with Gasteiger partial charge in [0.1, 0.15) is 24.9 Å². The number of ether oxygens (including phenoxy) is 3. The fraction of sp³-hybridized carbons (Fsp3) is 0.286. The van der Waals surface area contributed by atoms with E-state index in [1.54, 1.807) is 32.9 Å². The number of benzene rings is 3. The van der Waals surface area contributed by atoms with Crippen LogP contribution in [0.3, 0.4) is 0 Å². The molecule has 0 aliphatic rings. The van der Waals surface area contributed by atoms with E-state index in [9.17, 15) is 9.59 Å². The Balaban J connectivity index is 1.77. The standard InChI is InChI=1S/C28H32N2O5/c1-28(2,3)35-27(32)30-23(26(29)31)16-22-14-15-24(33-18-20-10-6-4-7-11-20)25(17-22)34-19-21-12-8-5-9-13-21/h4-15,17,23H,16,18-19H2,1-3H3,(H2,29,31)(H,30,32). The summed E-state index contributed by atoms with van der Waals surface area (Å²) in [5, 5.41) is 2.55. The predicted molar refractivity (Wildman–Crippen MR) is 134 cm³/mol. The molecule has 3 aromatic carbocycles. The van der Waals surface area contributed by atoms with Crippen LogP contribution in [0, 0.1) is 0 Å². The van der Waals surface area contributed by atoms with Crippen LogP contribution in [0.2, 0.25) is 0 Å². The average Bonchev–Trinajstić information content (AvgIpc) is 2.81. The van der Waals surface area contributed by atoms with Gasteiger partial charge >= 0.3 is 6.09 Å². The largest absolute Gasteiger partial charge is 0.485 e. The number of rotatable bonds is 10. The Morgan fingerprint density at radius 2 is 1.34 bits per heavy atom. The van der Waals surface area contributed by atoms with Crippen molar-refractivity contribution in [3.63, 3.8) is 0 Å². The zero-order valence-electron chi connectivity index (χ0n) is 20.3. The van der Waals surface area contributed by atoms with Crippen molar-refractivity contribution in [2.24, 2.45) is 5.73 Å². The van der Waals surface area contributed by atoms with E-state index >= 15 is 0 Å². The zero-order valence-corrected chi connectivity index (χ0v) is 20.3. The van der Waals surface area contributed by atoms with Crippen LogP contribution in [0.5, 0.6) is 11.5 Å². The maximum atomic E-state index is 12.2. The fourth-order valence-electron chi connectivity index (χ4n) is 3.29. The van der Waals surface area contributed by atoms with Crippen molar-refractivity contribution in [3.05, 3.63) is 95.6 Å². The summed E-state index contributed by atoms with van der Waals surface area (Å²) in [4.78, 5) is 24.2. The molecule has 0 saturated heterocycles. The van der Waals surface area contributed by atoms with Crippen molar-refractivity contribution in [1.82, 2.24) is 5.32 Å². The van der Waals surface area contributed by atoms with Crippen molar-refractivity contribution in [3.8, 4) is 11.5 Å². The van der Waals surface area contributed by atoms with Crippen LogP contribution in [0.1, 0.15) is 37.5 Å². The van der Waals surface area contributed by atoms with E-state index in [2.05, 4.69) is 5.32 Å². The summed E-state index contributed by atoms with van der Waals surface area (Å²) in [6.45, 7) is 5.97. The highest BCUT2D eigenvalue weighted by Crippen LogP contribution is 2.30. The number of hydrogen-bond acceptors (Lipinski definition) is 5. The highest BCUT2D eigenvalue weighted by Gasteiger charge is 2.23. The van der Waals surface area contributed by atoms with Crippen molar-refractivity contribution in [2.45, 2.75) is 52.0 Å². The first kappa shape index (κ1) is 25.6. The molecule has 2 amide bonds. The first-order chi connectivity index (χ1) is 16.7. The molecule has 0 fully saturated rings. The summed E-state index contributed by atoms with van der Waals surface area (Å²) in [5.41, 5.74) is 7.64. The third-order valence-electron chi connectivity index (χ3n) is 4.96. The van der Waals surface area contributed by atoms with Gasteiger partial charge in [0, 0.05) is 6.42 Å². The van der Waals surface area contributed by atoms with Crippen LogP contribution in [0.15, 0.2) is 78.9 Å². The molecule has 1 unspecified atom stereocenters. The maximum absolute atomic E-state index is 12.2. The predicted octanol–water partition coefficient (Wildman–Crippen LogP) is 4.77. The van der Waals surface area contributed by atoms with Crippen LogP contribution in [0.4, 0.5) is 4.79 Å². The van der Waals surface area contributed by atoms with E-state index in [-0.39, 0.29) is 6.42 Å². The molecule has 0 bridgehead atoms. The summed E-state index contributed by atoms with van der Waals surface area (Å²) < 4.78 is 17.4. The molecule has 0 aromatic heterocycles. The quantitative estimate of drug-likeness (QED) is 0.439. The van der Waals surface area contributed by atoms with Crippen LogP contribution in [-0.2, 0) is 29.2 Å². The molecule has 3 aromatic rings. The van der Waals surface area contributed by atoms with Gasteiger partial charge in [-0.25, -0.2) is 4.79 Å². The molecule has 0 saturated carbocycles. The Kier molecular flexibility index (Phi) is 8.73. The molecular formula is C28H32N2O5. The molecule has 3 N–H and O–H groups in total. The smallest absolute Gasteiger partial charge is 0.408 e. The maximum Gasteiger partial charge on any atom is 0.408 e. The van der Waals surface area contributed by atoms with E-state index in [0.29, 0.717) is 24.7 Å². The summed E-state index contributed by atoms with van der Waals surface area (Å²) in [6, 6.07) is 24.1. The Morgan fingerprint density at radius 3 is 1.86 bits per heavy atom. The molecule has 0 aliphatic heterocycles. The second-order valence-corrected chi connectivity index (χ2v) is 9.13. The summed E-state index contributed by atoms with van der Waals surface area (Å²) >= 11 is 0. The van der Waals surface area contributed by atoms with Crippen LogP contribution in [-0.4, -0.2) is 23.6 Å². The van der Waals surface area contributed by atoms with E-state index in [4.69, 9.17) is 19.9 Å². The van der Waals surface area contributed by atoms with E-state index in [1.807, 2.05) is 66.7 Å². The van der Waals surface area contributed by atoms with Gasteiger partial charge in [-0.2, -0.15) is 0 Å². The first-order valence-corrected chi connectivity index (χ1v) is 11.4. The Hall–Kier alpha value is -4.00. The molecule has 7 nitrogen and oxygen atoms in total.